The van der Waals surface area contributed by atoms with Gasteiger partial charge in [0.15, 0.2) is 10.9 Å². The lowest BCUT2D eigenvalue weighted by atomic mass is 10.0. The van der Waals surface area contributed by atoms with Gasteiger partial charge in [-0.15, -0.1) is 0 Å². The zero-order valence-electron chi connectivity index (χ0n) is 11.7. The summed E-state index contributed by atoms with van der Waals surface area (Å²) in [4.78, 5) is 16.8. The van der Waals surface area contributed by atoms with Crippen LogP contribution < -0.4 is 5.73 Å². The molecule has 0 spiro atoms. The number of aryl methyl sites for hydroxylation is 1. The van der Waals surface area contributed by atoms with Crippen molar-refractivity contribution in [2.45, 2.75) is 13.8 Å². The molecule has 0 radical (unpaired) electrons. The van der Waals surface area contributed by atoms with Gasteiger partial charge >= 0.3 is 0 Å². The number of carbonyl (C=O) groups excluding carboxylic acids is 1. The Balaban J connectivity index is 2.09. The van der Waals surface area contributed by atoms with E-state index >= 15 is 0 Å². The number of anilines is 1. The predicted molar refractivity (Wildman–Crippen MR) is 85.5 cm³/mol. The van der Waals surface area contributed by atoms with E-state index in [1.54, 1.807) is 18.4 Å². The zero-order valence-corrected chi connectivity index (χ0v) is 12.5. The van der Waals surface area contributed by atoms with Crippen molar-refractivity contribution >= 4 is 38.0 Å². The summed E-state index contributed by atoms with van der Waals surface area (Å²) in [5, 5.41) is 0.469. The SMILES string of the molecule is C/C(=C\C(=O)c1c(C)ccc2nc(N)sc12)c1ccco1. The zero-order chi connectivity index (χ0) is 15.0. The second-order valence-corrected chi connectivity index (χ2v) is 5.86. The summed E-state index contributed by atoms with van der Waals surface area (Å²) >= 11 is 1.34. The van der Waals surface area contributed by atoms with E-state index in [1.807, 2.05) is 32.0 Å². The summed E-state index contributed by atoms with van der Waals surface area (Å²) < 4.78 is 6.14. The van der Waals surface area contributed by atoms with Crippen LogP contribution in [-0.4, -0.2) is 10.8 Å². The van der Waals surface area contributed by atoms with Crippen LogP contribution in [0.1, 0.15) is 28.6 Å². The second kappa shape index (κ2) is 5.18. The van der Waals surface area contributed by atoms with Crippen LogP contribution in [0.4, 0.5) is 5.13 Å². The van der Waals surface area contributed by atoms with Crippen LogP contribution in [-0.2, 0) is 0 Å². The fourth-order valence-electron chi connectivity index (χ4n) is 2.26. The third-order valence-electron chi connectivity index (χ3n) is 3.29. The number of ketones is 1. The van der Waals surface area contributed by atoms with Crippen molar-refractivity contribution in [2.75, 3.05) is 5.73 Å². The van der Waals surface area contributed by atoms with E-state index in [0.717, 1.165) is 21.4 Å². The van der Waals surface area contributed by atoms with Crippen LogP contribution >= 0.6 is 11.3 Å². The van der Waals surface area contributed by atoms with Crippen LogP contribution in [0.3, 0.4) is 0 Å². The minimum atomic E-state index is -0.0596. The molecule has 0 atom stereocenters. The lowest BCUT2D eigenvalue weighted by molar-refractivity contribution is 0.104. The van der Waals surface area contributed by atoms with Gasteiger partial charge in [0.1, 0.15) is 5.76 Å². The highest BCUT2D eigenvalue weighted by Crippen LogP contribution is 2.30. The highest BCUT2D eigenvalue weighted by Gasteiger charge is 2.15. The van der Waals surface area contributed by atoms with E-state index in [2.05, 4.69) is 4.98 Å². The molecule has 0 aliphatic carbocycles. The molecule has 3 aromatic rings. The molecular formula is C16H14N2O2S. The number of nitrogens with zero attached hydrogens (tertiary/aromatic N) is 1. The lowest BCUT2D eigenvalue weighted by Gasteiger charge is -2.04. The average Bonchev–Trinajstić information content (AvgIpc) is 3.06. The van der Waals surface area contributed by atoms with Gasteiger partial charge in [0.25, 0.3) is 0 Å². The van der Waals surface area contributed by atoms with Gasteiger partial charge in [-0.1, -0.05) is 17.4 Å². The quantitative estimate of drug-likeness (QED) is 0.584. The van der Waals surface area contributed by atoms with Crippen LogP contribution in [0.2, 0.25) is 0 Å². The van der Waals surface area contributed by atoms with Crippen LogP contribution in [0.25, 0.3) is 15.8 Å². The molecule has 0 saturated heterocycles. The van der Waals surface area contributed by atoms with Gasteiger partial charge in [0, 0.05) is 5.56 Å². The molecule has 4 nitrogen and oxygen atoms in total. The first-order valence-corrected chi connectivity index (χ1v) is 7.30. The molecule has 106 valence electrons. The molecular weight excluding hydrogens is 284 g/mol. The van der Waals surface area contributed by atoms with E-state index in [0.29, 0.717) is 16.5 Å². The molecule has 5 heteroatoms. The van der Waals surface area contributed by atoms with Crippen molar-refractivity contribution in [2.24, 2.45) is 0 Å². The number of nitrogens with two attached hydrogens (primary N) is 1. The lowest BCUT2D eigenvalue weighted by Crippen LogP contribution is -1.99. The van der Waals surface area contributed by atoms with E-state index in [1.165, 1.54) is 11.3 Å². The number of hydrogen-bond donors (Lipinski definition) is 1. The first-order chi connectivity index (χ1) is 10.1. The largest absolute Gasteiger partial charge is 0.465 e. The molecule has 0 amide bonds. The maximum atomic E-state index is 12.6. The van der Waals surface area contributed by atoms with E-state index in [4.69, 9.17) is 10.2 Å². The minimum Gasteiger partial charge on any atom is -0.465 e. The Morgan fingerprint density at radius 3 is 2.90 bits per heavy atom. The van der Waals surface area contributed by atoms with Gasteiger partial charge in [-0.2, -0.15) is 0 Å². The van der Waals surface area contributed by atoms with Crippen molar-refractivity contribution < 1.29 is 9.21 Å². The molecule has 1 aromatic carbocycles. The van der Waals surface area contributed by atoms with E-state index in [9.17, 15) is 4.79 Å². The molecule has 0 aliphatic rings. The number of furan rings is 1. The number of rotatable bonds is 3. The first kappa shape index (κ1) is 13.6. The Labute approximate surface area is 125 Å². The Morgan fingerprint density at radius 1 is 1.38 bits per heavy atom. The molecule has 0 saturated carbocycles. The fourth-order valence-corrected chi connectivity index (χ4v) is 3.19. The number of nitrogen functional groups attached to an aromatic ring is 1. The molecule has 0 bridgehead atoms. The van der Waals surface area contributed by atoms with Gasteiger partial charge in [-0.05, 0) is 49.3 Å². The van der Waals surface area contributed by atoms with Crippen LogP contribution in [0.5, 0.6) is 0 Å². The van der Waals surface area contributed by atoms with Gasteiger partial charge in [0.2, 0.25) is 0 Å². The highest BCUT2D eigenvalue weighted by molar-refractivity contribution is 7.22. The number of hydrogen-bond acceptors (Lipinski definition) is 5. The average molecular weight is 298 g/mol. The maximum Gasteiger partial charge on any atom is 0.188 e. The molecule has 3 rings (SSSR count). The number of allylic oxidation sites excluding steroid dienone is 2. The Bertz CT molecular complexity index is 845. The van der Waals surface area contributed by atoms with E-state index in [-0.39, 0.29) is 5.78 Å². The van der Waals surface area contributed by atoms with E-state index < -0.39 is 0 Å². The molecule has 2 aromatic heterocycles. The Hall–Kier alpha value is -2.40. The van der Waals surface area contributed by atoms with Crippen molar-refractivity contribution in [1.82, 2.24) is 4.98 Å². The Morgan fingerprint density at radius 2 is 2.19 bits per heavy atom. The third-order valence-corrected chi connectivity index (χ3v) is 4.20. The van der Waals surface area contributed by atoms with Crippen molar-refractivity contribution in [3.05, 3.63) is 53.5 Å². The van der Waals surface area contributed by atoms with Gasteiger partial charge < -0.3 is 10.2 Å². The summed E-state index contributed by atoms with van der Waals surface area (Å²) in [5.41, 5.74) is 8.88. The normalized spacial score (nSPS) is 12.0. The van der Waals surface area contributed by atoms with Crippen molar-refractivity contribution in [3.8, 4) is 0 Å². The number of benzene rings is 1. The van der Waals surface area contributed by atoms with Crippen molar-refractivity contribution in [1.29, 1.82) is 0 Å². The predicted octanol–water partition coefficient (Wildman–Crippen LogP) is 4.07. The topological polar surface area (TPSA) is 69.1 Å². The summed E-state index contributed by atoms with van der Waals surface area (Å²) in [5.74, 6) is 0.632. The Kier molecular flexibility index (Phi) is 3.35. The minimum absolute atomic E-state index is 0.0596. The smallest absolute Gasteiger partial charge is 0.188 e. The summed E-state index contributed by atoms with van der Waals surface area (Å²) in [6, 6.07) is 7.41. The monoisotopic (exact) mass is 298 g/mol. The van der Waals surface area contributed by atoms with Crippen LogP contribution in [0.15, 0.2) is 41.0 Å². The first-order valence-electron chi connectivity index (χ1n) is 6.48. The van der Waals surface area contributed by atoms with Gasteiger partial charge in [-0.25, -0.2) is 4.98 Å². The van der Waals surface area contributed by atoms with Gasteiger partial charge in [0.05, 0.1) is 16.5 Å². The number of fused-ring (bicyclic) bond motifs is 1. The second-order valence-electron chi connectivity index (χ2n) is 4.83. The van der Waals surface area contributed by atoms with Gasteiger partial charge in [-0.3, -0.25) is 4.79 Å². The number of carbonyl (C=O) groups is 1. The molecule has 2 heterocycles. The summed E-state index contributed by atoms with van der Waals surface area (Å²) in [7, 11) is 0. The number of thiazole rings is 1. The number of aromatic nitrogens is 1. The van der Waals surface area contributed by atoms with Crippen LogP contribution in [0, 0.1) is 6.92 Å². The molecule has 2 N–H and O–H groups in total. The molecule has 21 heavy (non-hydrogen) atoms. The third kappa shape index (κ3) is 2.48. The molecule has 0 aliphatic heterocycles. The fraction of sp³-hybridized carbons (Fsp3) is 0.125. The standard InChI is InChI=1S/C16H14N2O2S/c1-9-5-6-11-15(21-16(17)18-11)14(9)12(19)8-10(2)13-4-3-7-20-13/h3-8H,1-2H3,(H2,17,18)/b10-8+. The molecule has 0 fully saturated rings. The maximum absolute atomic E-state index is 12.6. The van der Waals surface area contributed by atoms with Crippen molar-refractivity contribution in [3.63, 3.8) is 0 Å². The highest BCUT2D eigenvalue weighted by atomic mass is 32.1. The molecule has 0 unspecified atom stereocenters. The summed E-state index contributed by atoms with van der Waals surface area (Å²) in [6.07, 6.45) is 3.18. The summed E-state index contributed by atoms with van der Waals surface area (Å²) in [6.45, 7) is 3.77.